The summed E-state index contributed by atoms with van der Waals surface area (Å²) in [6.45, 7) is 6.69. The van der Waals surface area contributed by atoms with Gasteiger partial charge in [-0.3, -0.25) is 4.79 Å². The highest BCUT2D eigenvalue weighted by molar-refractivity contribution is 5.92. The van der Waals surface area contributed by atoms with E-state index in [9.17, 15) is 4.79 Å². The van der Waals surface area contributed by atoms with E-state index in [2.05, 4.69) is 12.2 Å². The van der Waals surface area contributed by atoms with Crippen molar-refractivity contribution in [3.05, 3.63) is 59.2 Å². The summed E-state index contributed by atoms with van der Waals surface area (Å²) < 4.78 is 5.39. The van der Waals surface area contributed by atoms with Crippen LogP contribution in [0.3, 0.4) is 0 Å². The molecule has 0 atom stereocenters. The third-order valence-corrected chi connectivity index (χ3v) is 3.39. The molecule has 110 valence electrons. The van der Waals surface area contributed by atoms with Crippen LogP contribution in [0.5, 0.6) is 5.75 Å². The van der Waals surface area contributed by atoms with E-state index in [1.165, 1.54) is 11.1 Å². The Hall–Kier alpha value is -2.29. The van der Waals surface area contributed by atoms with Gasteiger partial charge in [0.1, 0.15) is 5.75 Å². The van der Waals surface area contributed by atoms with Crippen molar-refractivity contribution < 1.29 is 9.53 Å². The molecule has 0 unspecified atom stereocenters. The lowest BCUT2D eigenvalue weighted by molar-refractivity contribution is -0.115. The molecule has 2 rings (SSSR count). The summed E-state index contributed by atoms with van der Waals surface area (Å²) in [6, 6.07) is 13.6. The van der Waals surface area contributed by atoms with Crippen molar-refractivity contribution in [1.82, 2.24) is 0 Å². The second kappa shape index (κ2) is 6.93. The Bertz CT molecular complexity index is 618. The normalized spacial score (nSPS) is 10.2. The first-order chi connectivity index (χ1) is 10.1. The van der Waals surface area contributed by atoms with Crippen molar-refractivity contribution in [3.8, 4) is 5.75 Å². The van der Waals surface area contributed by atoms with E-state index in [1.54, 1.807) is 0 Å². The molecule has 0 aliphatic rings. The fourth-order valence-electron chi connectivity index (χ4n) is 2.08. The molecule has 0 radical (unpaired) electrons. The first-order valence-corrected chi connectivity index (χ1v) is 7.17. The Morgan fingerprint density at radius 3 is 2.38 bits per heavy atom. The van der Waals surface area contributed by atoms with Gasteiger partial charge in [-0.15, -0.1) is 0 Å². The van der Waals surface area contributed by atoms with Gasteiger partial charge in [-0.05, 0) is 61.7 Å². The van der Waals surface area contributed by atoms with Crippen LogP contribution in [-0.2, 0) is 11.2 Å². The molecular weight excluding hydrogens is 262 g/mol. The number of hydrogen-bond donors (Lipinski definition) is 1. The van der Waals surface area contributed by atoms with Gasteiger partial charge in [-0.2, -0.15) is 0 Å². The van der Waals surface area contributed by atoms with Crippen molar-refractivity contribution in [2.45, 2.75) is 27.2 Å². The maximum Gasteiger partial charge on any atom is 0.228 e. The third kappa shape index (κ3) is 4.35. The molecule has 3 heteroatoms. The zero-order chi connectivity index (χ0) is 15.2. The van der Waals surface area contributed by atoms with E-state index in [0.29, 0.717) is 13.0 Å². The maximum absolute atomic E-state index is 12.0. The zero-order valence-corrected chi connectivity index (χ0v) is 12.8. The van der Waals surface area contributed by atoms with E-state index < -0.39 is 0 Å². The van der Waals surface area contributed by atoms with Gasteiger partial charge in [0, 0.05) is 5.69 Å². The first-order valence-electron chi connectivity index (χ1n) is 7.17. The predicted octanol–water partition coefficient (Wildman–Crippen LogP) is 3.88. The van der Waals surface area contributed by atoms with Crippen molar-refractivity contribution in [1.29, 1.82) is 0 Å². The van der Waals surface area contributed by atoms with E-state index in [1.807, 2.05) is 56.3 Å². The minimum atomic E-state index is -0.0117. The van der Waals surface area contributed by atoms with Crippen molar-refractivity contribution in [3.63, 3.8) is 0 Å². The van der Waals surface area contributed by atoms with Crippen molar-refractivity contribution >= 4 is 11.6 Å². The molecule has 0 heterocycles. The lowest BCUT2D eigenvalue weighted by atomic mass is 10.1. The average Bonchev–Trinajstić information content (AvgIpc) is 2.45. The van der Waals surface area contributed by atoms with Crippen molar-refractivity contribution in [2.24, 2.45) is 0 Å². The number of nitrogens with one attached hydrogen (secondary N) is 1. The van der Waals surface area contributed by atoms with E-state index in [4.69, 9.17) is 4.74 Å². The first kappa shape index (κ1) is 15.1. The summed E-state index contributed by atoms with van der Waals surface area (Å²) in [6.07, 6.45) is 0.360. The molecule has 0 bridgehead atoms. The highest BCUT2D eigenvalue weighted by Gasteiger charge is 2.05. The Balaban J connectivity index is 1.96. The van der Waals surface area contributed by atoms with Gasteiger partial charge < -0.3 is 10.1 Å². The number of rotatable bonds is 5. The Labute approximate surface area is 126 Å². The molecule has 0 aliphatic carbocycles. The number of amides is 1. The molecule has 0 saturated carbocycles. The van der Waals surface area contributed by atoms with Crippen LogP contribution in [0.1, 0.15) is 23.6 Å². The minimum absolute atomic E-state index is 0.0117. The summed E-state index contributed by atoms with van der Waals surface area (Å²) in [4.78, 5) is 12.0. The molecule has 0 fully saturated rings. The minimum Gasteiger partial charge on any atom is -0.494 e. The zero-order valence-electron chi connectivity index (χ0n) is 12.8. The van der Waals surface area contributed by atoms with Crippen LogP contribution in [0.2, 0.25) is 0 Å². The lowest BCUT2D eigenvalue weighted by Gasteiger charge is -2.08. The molecule has 2 aromatic rings. The summed E-state index contributed by atoms with van der Waals surface area (Å²) in [7, 11) is 0. The van der Waals surface area contributed by atoms with Gasteiger partial charge in [0.25, 0.3) is 0 Å². The molecular formula is C18H21NO2. The monoisotopic (exact) mass is 283 g/mol. The van der Waals surface area contributed by atoms with Gasteiger partial charge >= 0.3 is 0 Å². The molecule has 1 amide bonds. The van der Waals surface area contributed by atoms with Gasteiger partial charge in [0.05, 0.1) is 13.0 Å². The van der Waals surface area contributed by atoms with Gasteiger partial charge in [-0.25, -0.2) is 0 Å². The van der Waals surface area contributed by atoms with E-state index in [0.717, 1.165) is 17.0 Å². The molecule has 2 aromatic carbocycles. The molecule has 1 N–H and O–H groups in total. The molecule has 21 heavy (non-hydrogen) atoms. The molecule has 0 spiro atoms. The second-order valence-corrected chi connectivity index (χ2v) is 5.10. The van der Waals surface area contributed by atoms with Crippen molar-refractivity contribution in [2.75, 3.05) is 11.9 Å². The standard InChI is InChI=1S/C18H21NO2/c1-4-21-17-9-6-15(7-10-17)12-18(20)19-16-8-5-13(2)14(3)11-16/h5-11H,4,12H2,1-3H3,(H,19,20). The molecule has 0 saturated heterocycles. The van der Waals surface area contributed by atoms with Crippen LogP contribution in [0.4, 0.5) is 5.69 Å². The van der Waals surface area contributed by atoms with Crippen LogP contribution in [0, 0.1) is 13.8 Å². The number of aryl methyl sites for hydroxylation is 2. The topological polar surface area (TPSA) is 38.3 Å². The van der Waals surface area contributed by atoms with E-state index >= 15 is 0 Å². The number of anilines is 1. The van der Waals surface area contributed by atoms with Gasteiger partial charge in [0.15, 0.2) is 0 Å². The number of hydrogen-bond acceptors (Lipinski definition) is 2. The fraction of sp³-hybridized carbons (Fsp3) is 0.278. The Morgan fingerprint density at radius 2 is 1.76 bits per heavy atom. The van der Waals surface area contributed by atoms with Crippen LogP contribution in [0.15, 0.2) is 42.5 Å². The SMILES string of the molecule is CCOc1ccc(CC(=O)Nc2ccc(C)c(C)c2)cc1. The summed E-state index contributed by atoms with van der Waals surface area (Å²) in [5, 5.41) is 2.93. The Kier molecular flexibility index (Phi) is 4.99. The smallest absolute Gasteiger partial charge is 0.228 e. The van der Waals surface area contributed by atoms with Gasteiger partial charge in [0.2, 0.25) is 5.91 Å². The van der Waals surface area contributed by atoms with Crippen LogP contribution >= 0.6 is 0 Å². The summed E-state index contributed by atoms with van der Waals surface area (Å²) >= 11 is 0. The third-order valence-electron chi connectivity index (χ3n) is 3.39. The fourth-order valence-corrected chi connectivity index (χ4v) is 2.08. The second-order valence-electron chi connectivity index (χ2n) is 5.10. The van der Waals surface area contributed by atoms with Gasteiger partial charge in [-0.1, -0.05) is 18.2 Å². The van der Waals surface area contributed by atoms with Crippen LogP contribution in [-0.4, -0.2) is 12.5 Å². The number of carbonyl (C=O) groups is 1. The predicted molar refractivity (Wildman–Crippen MR) is 85.9 cm³/mol. The number of carbonyl (C=O) groups excluding carboxylic acids is 1. The maximum atomic E-state index is 12.0. The summed E-state index contributed by atoms with van der Waals surface area (Å²) in [5.41, 5.74) is 4.21. The quantitative estimate of drug-likeness (QED) is 0.904. The molecule has 3 nitrogen and oxygen atoms in total. The lowest BCUT2D eigenvalue weighted by Crippen LogP contribution is -2.14. The Morgan fingerprint density at radius 1 is 1.05 bits per heavy atom. The highest BCUT2D eigenvalue weighted by atomic mass is 16.5. The highest BCUT2D eigenvalue weighted by Crippen LogP contribution is 2.16. The molecule has 0 aliphatic heterocycles. The number of benzene rings is 2. The van der Waals surface area contributed by atoms with Crippen LogP contribution < -0.4 is 10.1 Å². The number of ether oxygens (including phenoxy) is 1. The largest absolute Gasteiger partial charge is 0.494 e. The van der Waals surface area contributed by atoms with E-state index in [-0.39, 0.29) is 5.91 Å². The average molecular weight is 283 g/mol. The molecule has 0 aromatic heterocycles. The summed E-state index contributed by atoms with van der Waals surface area (Å²) in [5.74, 6) is 0.818. The van der Waals surface area contributed by atoms with Crippen LogP contribution in [0.25, 0.3) is 0 Å².